The predicted molar refractivity (Wildman–Crippen MR) is 106 cm³/mol. The van der Waals surface area contributed by atoms with Gasteiger partial charge in [-0.2, -0.15) is 0 Å². The lowest BCUT2D eigenvalue weighted by atomic mass is 9.49. The molecule has 0 radical (unpaired) electrons. The molecule has 0 unspecified atom stereocenters. The predicted octanol–water partition coefficient (Wildman–Crippen LogP) is 4.61. The van der Waals surface area contributed by atoms with Crippen LogP contribution >= 0.6 is 0 Å². The number of cyclic esters (lactones) is 1. The molecule has 4 aliphatic carbocycles. The third kappa shape index (κ3) is 2.92. The molecular weight excluding hydrogens is 354 g/mol. The molecule has 0 atom stereocenters. The van der Waals surface area contributed by atoms with Gasteiger partial charge in [0.1, 0.15) is 0 Å². The minimum absolute atomic E-state index is 0.00358. The second kappa shape index (κ2) is 6.64. The van der Waals surface area contributed by atoms with Gasteiger partial charge in [0.15, 0.2) is 17.2 Å². The van der Waals surface area contributed by atoms with Crippen LogP contribution in [-0.4, -0.2) is 25.6 Å². The van der Waals surface area contributed by atoms with Crippen molar-refractivity contribution in [2.24, 2.45) is 28.2 Å². The first-order valence-electron chi connectivity index (χ1n) is 10.4. The monoisotopic (exact) mass is 381 g/mol. The number of rotatable bonds is 5. The Morgan fingerprint density at radius 1 is 1.14 bits per heavy atom. The van der Waals surface area contributed by atoms with Crippen LogP contribution in [0.1, 0.15) is 51.0 Å². The van der Waals surface area contributed by atoms with Crippen LogP contribution in [0.15, 0.2) is 28.9 Å². The summed E-state index contributed by atoms with van der Waals surface area (Å²) in [6, 6.07) is 5.63. The van der Waals surface area contributed by atoms with E-state index in [4.69, 9.17) is 19.2 Å². The van der Waals surface area contributed by atoms with E-state index in [9.17, 15) is 4.79 Å². The Morgan fingerprint density at radius 3 is 2.43 bits per heavy atom. The highest BCUT2D eigenvalue weighted by Gasteiger charge is 2.55. The van der Waals surface area contributed by atoms with Gasteiger partial charge in [-0.15, -0.1) is 0 Å². The van der Waals surface area contributed by atoms with Gasteiger partial charge in [-0.25, -0.2) is 9.79 Å². The molecule has 5 aliphatic rings. The standard InChI is InChI=1S/C23H27NO4/c1-3-27-20-10-14(4-5-19(20)26-2)9-18-21(25)28-22(24-18)23-11-15-6-16(12-23)8-17(7-15)13-23/h4-5,9-10,15-17H,3,6-8,11-13H2,1-2H3/b18-9+. The fraction of sp³-hybridized carbons (Fsp3) is 0.565. The smallest absolute Gasteiger partial charge is 0.363 e. The number of ether oxygens (including phenoxy) is 3. The van der Waals surface area contributed by atoms with Crippen molar-refractivity contribution in [3.63, 3.8) is 0 Å². The second-order valence-corrected chi connectivity index (χ2v) is 8.88. The van der Waals surface area contributed by atoms with E-state index in [2.05, 4.69) is 0 Å². The van der Waals surface area contributed by atoms with Gasteiger partial charge in [-0.1, -0.05) is 6.07 Å². The molecule has 0 spiro atoms. The molecule has 1 heterocycles. The second-order valence-electron chi connectivity index (χ2n) is 8.88. The van der Waals surface area contributed by atoms with Crippen molar-refractivity contribution in [1.82, 2.24) is 0 Å². The Hall–Kier alpha value is -2.30. The van der Waals surface area contributed by atoms with E-state index in [1.807, 2.05) is 25.1 Å². The van der Waals surface area contributed by atoms with Gasteiger partial charge in [0.2, 0.25) is 5.90 Å². The summed E-state index contributed by atoms with van der Waals surface area (Å²) >= 11 is 0. The zero-order chi connectivity index (χ0) is 19.3. The summed E-state index contributed by atoms with van der Waals surface area (Å²) in [5, 5.41) is 0. The Kier molecular flexibility index (Phi) is 4.22. The number of methoxy groups -OCH3 is 1. The SMILES string of the molecule is CCOc1cc(/C=C2/N=C(C34CC5CC(CC(C5)C3)C4)OC2=O)ccc1OC. The van der Waals surface area contributed by atoms with Crippen LogP contribution in [-0.2, 0) is 9.53 Å². The zero-order valence-electron chi connectivity index (χ0n) is 16.6. The van der Waals surface area contributed by atoms with E-state index in [0.29, 0.717) is 29.7 Å². The molecule has 1 aliphatic heterocycles. The topological polar surface area (TPSA) is 57.1 Å². The first kappa shape index (κ1) is 17.8. The minimum Gasteiger partial charge on any atom is -0.493 e. The van der Waals surface area contributed by atoms with Gasteiger partial charge in [0, 0.05) is 5.41 Å². The summed E-state index contributed by atoms with van der Waals surface area (Å²) in [6.45, 7) is 2.48. The van der Waals surface area contributed by atoms with E-state index >= 15 is 0 Å². The highest BCUT2D eigenvalue weighted by atomic mass is 16.6. The van der Waals surface area contributed by atoms with Crippen LogP contribution < -0.4 is 9.47 Å². The van der Waals surface area contributed by atoms with Crippen molar-refractivity contribution >= 4 is 17.9 Å². The maximum atomic E-state index is 12.6. The van der Waals surface area contributed by atoms with E-state index in [-0.39, 0.29) is 11.4 Å². The first-order chi connectivity index (χ1) is 13.6. The summed E-state index contributed by atoms with van der Waals surface area (Å²) in [5.41, 5.74) is 1.24. The summed E-state index contributed by atoms with van der Waals surface area (Å²) in [6.07, 6.45) is 9.26. The van der Waals surface area contributed by atoms with Crippen molar-refractivity contribution in [3.05, 3.63) is 29.5 Å². The number of hydrogen-bond acceptors (Lipinski definition) is 5. The first-order valence-corrected chi connectivity index (χ1v) is 10.4. The molecule has 1 aromatic rings. The average Bonchev–Trinajstić information content (AvgIpc) is 3.03. The van der Waals surface area contributed by atoms with Gasteiger partial charge in [-0.05, 0) is 87.0 Å². The van der Waals surface area contributed by atoms with E-state index in [1.165, 1.54) is 19.3 Å². The third-order valence-corrected chi connectivity index (χ3v) is 6.90. The molecule has 1 aromatic carbocycles. The summed E-state index contributed by atoms with van der Waals surface area (Å²) in [5.74, 6) is 4.05. The molecule has 0 aromatic heterocycles. The number of esters is 1. The molecule has 0 N–H and O–H groups in total. The van der Waals surface area contributed by atoms with Gasteiger partial charge < -0.3 is 14.2 Å². The van der Waals surface area contributed by atoms with Crippen LogP contribution in [0.5, 0.6) is 11.5 Å². The van der Waals surface area contributed by atoms with Crippen molar-refractivity contribution in [2.45, 2.75) is 45.4 Å². The quantitative estimate of drug-likeness (QED) is 0.552. The lowest BCUT2D eigenvalue weighted by Gasteiger charge is -2.55. The van der Waals surface area contributed by atoms with Gasteiger partial charge in [-0.3, -0.25) is 0 Å². The summed E-state index contributed by atoms with van der Waals surface area (Å²) in [4.78, 5) is 17.3. The fourth-order valence-electron chi connectivity index (χ4n) is 6.22. The molecule has 148 valence electrons. The summed E-state index contributed by atoms with van der Waals surface area (Å²) < 4.78 is 16.7. The lowest BCUT2D eigenvalue weighted by Crippen LogP contribution is -2.50. The fourth-order valence-corrected chi connectivity index (χ4v) is 6.22. The molecule has 5 heteroatoms. The normalized spacial score (nSPS) is 34.5. The molecule has 5 nitrogen and oxygen atoms in total. The number of nitrogens with zero attached hydrogens (tertiary/aromatic N) is 1. The summed E-state index contributed by atoms with van der Waals surface area (Å²) in [7, 11) is 1.62. The molecular formula is C23H27NO4. The Bertz CT molecular complexity index is 834. The number of carbonyl (C=O) groups is 1. The number of aliphatic imine (C=N–C) groups is 1. The van der Waals surface area contributed by atoms with E-state index in [0.717, 1.165) is 42.6 Å². The van der Waals surface area contributed by atoms with Crippen molar-refractivity contribution in [2.75, 3.05) is 13.7 Å². The molecule has 6 rings (SSSR count). The minimum atomic E-state index is -0.334. The van der Waals surface area contributed by atoms with Crippen molar-refractivity contribution < 1.29 is 19.0 Å². The molecule has 4 fully saturated rings. The van der Waals surface area contributed by atoms with Crippen molar-refractivity contribution in [3.8, 4) is 11.5 Å². The zero-order valence-corrected chi connectivity index (χ0v) is 16.6. The Morgan fingerprint density at radius 2 is 1.82 bits per heavy atom. The lowest BCUT2D eigenvalue weighted by molar-refractivity contribution is -0.131. The third-order valence-electron chi connectivity index (χ3n) is 6.90. The van der Waals surface area contributed by atoms with Gasteiger partial charge in [0.25, 0.3) is 0 Å². The highest BCUT2D eigenvalue weighted by molar-refractivity contribution is 6.09. The molecule has 28 heavy (non-hydrogen) atoms. The number of hydrogen-bond donors (Lipinski definition) is 0. The molecule has 4 bridgehead atoms. The van der Waals surface area contributed by atoms with Crippen LogP contribution in [0.3, 0.4) is 0 Å². The number of benzene rings is 1. The van der Waals surface area contributed by atoms with Crippen molar-refractivity contribution in [1.29, 1.82) is 0 Å². The van der Waals surface area contributed by atoms with Crippen LogP contribution in [0.4, 0.5) is 0 Å². The van der Waals surface area contributed by atoms with Gasteiger partial charge in [0.05, 0.1) is 13.7 Å². The van der Waals surface area contributed by atoms with Crippen LogP contribution in [0.25, 0.3) is 6.08 Å². The van der Waals surface area contributed by atoms with Gasteiger partial charge >= 0.3 is 5.97 Å². The number of carbonyl (C=O) groups excluding carboxylic acids is 1. The van der Waals surface area contributed by atoms with E-state index in [1.54, 1.807) is 13.2 Å². The largest absolute Gasteiger partial charge is 0.493 e. The maximum Gasteiger partial charge on any atom is 0.363 e. The average molecular weight is 381 g/mol. The Labute approximate surface area is 165 Å². The maximum absolute atomic E-state index is 12.6. The van der Waals surface area contributed by atoms with Crippen LogP contribution in [0, 0.1) is 23.2 Å². The highest BCUT2D eigenvalue weighted by Crippen LogP contribution is 2.61. The van der Waals surface area contributed by atoms with E-state index < -0.39 is 0 Å². The van der Waals surface area contributed by atoms with Crippen LogP contribution in [0.2, 0.25) is 0 Å². The molecule has 0 saturated heterocycles. The Balaban J connectivity index is 1.44. The molecule has 0 amide bonds. The molecule has 4 saturated carbocycles.